The minimum absolute atomic E-state index is 0.327. The van der Waals surface area contributed by atoms with Crippen molar-refractivity contribution in [2.45, 2.75) is 32.5 Å². The van der Waals surface area contributed by atoms with Gasteiger partial charge < -0.3 is 14.4 Å². The number of aromatic nitrogens is 6. The van der Waals surface area contributed by atoms with Crippen molar-refractivity contribution in [1.29, 1.82) is 0 Å². The first kappa shape index (κ1) is 21.8. The predicted octanol–water partition coefficient (Wildman–Crippen LogP) is 2.81. The number of hydrogen-bond donors (Lipinski definition) is 0. The van der Waals surface area contributed by atoms with Gasteiger partial charge in [0, 0.05) is 38.2 Å². The van der Waals surface area contributed by atoms with Crippen molar-refractivity contribution >= 4 is 5.95 Å². The summed E-state index contributed by atoms with van der Waals surface area (Å²) in [4.78, 5) is 11.3. The van der Waals surface area contributed by atoms with Crippen molar-refractivity contribution in [2.24, 2.45) is 17.8 Å². The molecule has 10 heteroatoms. The number of anilines is 1. The Morgan fingerprint density at radius 2 is 1.91 bits per heavy atom. The molecule has 0 amide bonds. The van der Waals surface area contributed by atoms with Gasteiger partial charge in [-0.3, -0.25) is 0 Å². The molecule has 2 atom stereocenters. The van der Waals surface area contributed by atoms with Crippen LogP contribution in [0.5, 0.6) is 0 Å². The molecule has 9 nitrogen and oxygen atoms in total. The molecule has 5 rings (SSSR count). The van der Waals surface area contributed by atoms with Gasteiger partial charge in [0.1, 0.15) is 17.8 Å². The monoisotopic (exact) mass is 453 g/mol. The molecule has 0 unspecified atom stereocenters. The largest absolute Gasteiger partial charge is 0.380 e. The lowest BCUT2D eigenvalue weighted by molar-refractivity contribution is 0.104. The lowest BCUT2D eigenvalue weighted by atomic mass is 9.91. The average Bonchev–Trinajstić information content (AvgIpc) is 3.40. The first-order chi connectivity index (χ1) is 16.2. The highest BCUT2D eigenvalue weighted by Crippen LogP contribution is 2.48. The zero-order chi connectivity index (χ0) is 22.6. The molecule has 3 aromatic rings. The zero-order valence-corrected chi connectivity index (χ0v) is 18.7. The molecule has 2 aromatic heterocycles. The summed E-state index contributed by atoms with van der Waals surface area (Å²) in [6.07, 6.45) is 8.61. The summed E-state index contributed by atoms with van der Waals surface area (Å²) >= 11 is 0. The maximum Gasteiger partial charge on any atom is 0.225 e. The second kappa shape index (κ2) is 9.88. The predicted molar refractivity (Wildman–Crippen MR) is 118 cm³/mol. The SMILES string of the molecule is COCc1cnc(N2CCC([C@H]3C[C@H]3COCc3ccc(-n4cnnn4)c(F)c3)CC2)nc1. The molecular formula is C23H28FN7O2. The van der Waals surface area contributed by atoms with Gasteiger partial charge in [0.05, 0.1) is 19.8 Å². The van der Waals surface area contributed by atoms with E-state index in [4.69, 9.17) is 9.47 Å². The smallest absolute Gasteiger partial charge is 0.225 e. The molecule has 2 fully saturated rings. The van der Waals surface area contributed by atoms with E-state index in [1.165, 1.54) is 23.5 Å². The number of tetrazole rings is 1. The van der Waals surface area contributed by atoms with E-state index in [9.17, 15) is 4.39 Å². The van der Waals surface area contributed by atoms with Crippen LogP contribution in [0.1, 0.15) is 30.4 Å². The van der Waals surface area contributed by atoms with Gasteiger partial charge in [0.2, 0.25) is 5.95 Å². The van der Waals surface area contributed by atoms with Crippen molar-refractivity contribution in [1.82, 2.24) is 30.2 Å². The Morgan fingerprint density at radius 1 is 1.09 bits per heavy atom. The van der Waals surface area contributed by atoms with Gasteiger partial charge in [0.15, 0.2) is 0 Å². The standard InChI is InChI=1S/C23H28FN7O2/c1-32-12-17-10-25-23(26-11-17)30-6-4-18(5-7-30)20-9-19(20)14-33-13-16-2-3-22(21(24)8-16)31-15-27-28-29-31/h2-3,8,10-11,15,18-20H,4-7,9,12-14H2,1H3/t19-,20+/m0/s1. The van der Waals surface area contributed by atoms with Gasteiger partial charge in [-0.15, -0.1) is 5.10 Å². The molecule has 1 aliphatic carbocycles. The Bertz CT molecular complexity index is 1040. The van der Waals surface area contributed by atoms with Crippen molar-refractivity contribution in [3.05, 3.63) is 53.9 Å². The highest BCUT2D eigenvalue weighted by Gasteiger charge is 2.43. The fourth-order valence-corrected chi connectivity index (χ4v) is 4.75. The van der Waals surface area contributed by atoms with Crippen molar-refractivity contribution in [3.63, 3.8) is 0 Å². The Labute approximate surface area is 191 Å². The molecule has 0 radical (unpaired) electrons. The quantitative estimate of drug-likeness (QED) is 0.489. The van der Waals surface area contributed by atoms with Gasteiger partial charge in [-0.25, -0.2) is 14.4 Å². The maximum atomic E-state index is 14.3. The van der Waals surface area contributed by atoms with E-state index in [0.717, 1.165) is 61.4 Å². The first-order valence-corrected chi connectivity index (χ1v) is 11.4. The lowest BCUT2D eigenvalue weighted by Gasteiger charge is -2.32. The van der Waals surface area contributed by atoms with Crippen molar-refractivity contribution < 1.29 is 13.9 Å². The number of halogens is 1. The number of piperidine rings is 1. The Hall–Kier alpha value is -2.98. The van der Waals surface area contributed by atoms with E-state index in [1.807, 2.05) is 18.5 Å². The highest BCUT2D eigenvalue weighted by atomic mass is 19.1. The molecular weight excluding hydrogens is 425 g/mol. The first-order valence-electron chi connectivity index (χ1n) is 11.4. The summed E-state index contributed by atoms with van der Waals surface area (Å²) in [5, 5.41) is 10.8. The van der Waals surface area contributed by atoms with Crippen LogP contribution >= 0.6 is 0 Å². The molecule has 3 heterocycles. The normalized spacial score (nSPS) is 20.8. The number of benzene rings is 1. The van der Waals surface area contributed by atoms with Crippen molar-refractivity contribution in [2.75, 3.05) is 31.7 Å². The highest BCUT2D eigenvalue weighted by molar-refractivity contribution is 5.35. The third kappa shape index (κ3) is 5.17. The van der Waals surface area contributed by atoms with Crippen molar-refractivity contribution in [3.8, 4) is 5.69 Å². The Morgan fingerprint density at radius 3 is 2.61 bits per heavy atom. The van der Waals surface area contributed by atoms with Gasteiger partial charge in [-0.2, -0.15) is 4.68 Å². The van der Waals surface area contributed by atoms with Gasteiger partial charge in [-0.1, -0.05) is 6.07 Å². The van der Waals surface area contributed by atoms with Crippen LogP contribution in [-0.4, -0.2) is 57.0 Å². The van der Waals surface area contributed by atoms with Crippen LogP contribution in [0, 0.1) is 23.6 Å². The van der Waals surface area contributed by atoms with Gasteiger partial charge >= 0.3 is 0 Å². The molecule has 1 aromatic carbocycles. The molecule has 0 bridgehead atoms. The van der Waals surface area contributed by atoms with Crippen LogP contribution in [0.2, 0.25) is 0 Å². The molecule has 1 aliphatic heterocycles. The van der Waals surface area contributed by atoms with Gasteiger partial charge in [-0.05, 0) is 65.1 Å². The van der Waals surface area contributed by atoms with Crippen LogP contribution < -0.4 is 4.90 Å². The minimum atomic E-state index is -0.364. The second-order valence-corrected chi connectivity index (χ2v) is 8.86. The van der Waals surface area contributed by atoms with E-state index in [1.54, 1.807) is 13.2 Å². The fraction of sp³-hybridized carbons (Fsp3) is 0.522. The number of ether oxygens (including phenoxy) is 2. The maximum absolute atomic E-state index is 14.3. The summed E-state index contributed by atoms with van der Waals surface area (Å²) in [6, 6.07) is 5.01. The third-order valence-corrected chi connectivity index (χ3v) is 6.62. The zero-order valence-electron chi connectivity index (χ0n) is 18.7. The summed E-state index contributed by atoms with van der Waals surface area (Å²) in [5.41, 5.74) is 2.13. The lowest BCUT2D eigenvalue weighted by Crippen LogP contribution is -2.35. The second-order valence-electron chi connectivity index (χ2n) is 8.86. The van der Waals surface area contributed by atoms with Gasteiger partial charge in [0.25, 0.3) is 0 Å². The minimum Gasteiger partial charge on any atom is -0.380 e. The van der Waals surface area contributed by atoms with Crippen LogP contribution in [-0.2, 0) is 22.7 Å². The molecule has 174 valence electrons. The average molecular weight is 454 g/mol. The molecule has 0 spiro atoms. The van der Waals surface area contributed by atoms with Crippen LogP contribution in [0.25, 0.3) is 5.69 Å². The molecule has 0 N–H and O–H groups in total. The molecule has 1 saturated carbocycles. The van der Waals surface area contributed by atoms with Crippen LogP contribution in [0.4, 0.5) is 10.3 Å². The molecule has 33 heavy (non-hydrogen) atoms. The topological polar surface area (TPSA) is 91.1 Å². The number of hydrogen-bond acceptors (Lipinski definition) is 8. The molecule has 2 aliphatic rings. The summed E-state index contributed by atoms with van der Waals surface area (Å²) in [7, 11) is 1.67. The number of rotatable bonds is 9. The fourth-order valence-electron chi connectivity index (χ4n) is 4.75. The molecule has 1 saturated heterocycles. The number of methoxy groups -OCH3 is 1. The van der Waals surface area contributed by atoms with E-state index in [0.29, 0.717) is 24.8 Å². The van der Waals surface area contributed by atoms with E-state index >= 15 is 0 Å². The number of nitrogens with zero attached hydrogens (tertiary/aromatic N) is 7. The third-order valence-electron chi connectivity index (χ3n) is 6.62. The Kier molecular flexibility index (Phi) is 6.54. The van der Waals surface area contributed by atoms with E-state index < -0.39 is 0 Å². The Balaban J connectivity index is 1.04. The van der Waals surface area contributed by atoms with Crippen LogP contribution in [0.3, 0.4) is 0 Å². The summed E-state index contributed by atoms with van der Waals surface area (Å²) in [6.45, 7) is 3.65. The summed E-state index contributed by atoms with van der Waals surface area (Å²) in [5.74, 6) is 2.52. The van der Waals surface area contributed by atoms with E-state index in [2.05, 4.69) is 30.4 Å². The van der Waals surface area contributed by atoms with E-state index in [-0.39, 0.29) is 5.82 Å². The van der Waals surface area contributed by atoms with Crippen LogP contribution in [0.15, 0.2) is 36.9 Å². The summed E-state index contributed by atoms with van der Waals surface area (Å²) < 4.78 is 26.7.